The largest absolute Gasteiger partial charge is 0.416 e. The minimum atomic E-state index is -0.476. The fourth-order valence-electron chi connectivity index (χ4n) is 1.07. The van der Waals surface area contributed by atoms with Crippen molar-refractivity contribution < 1.29 is 9.53 Å². The number of ether oxygens (including phenoxy) is 1. The Morgan fingerprint density at radius 2 is 2.07 bits per heavy atom. The van der Waals surface area contributed by atoms with Crippen LogP contribution in [0.2, 0.25) is 0 Å². The van der Waals surface area contributed by atoms with Gasteiger partial charge in [0.1, 0.15) is 5.75 Å². The quantitative estimate of drug-likeness (QED) is 0.806. The van der Waals surface area contributed by atoms with Gasteiger partial charge in [0.2, 0.25) is 0 Å². The number of carbonyl (C=O) groups excluding carboxylic acids is 1. The zero-order chi connectivity index (χ0) is 11.3. The van der Waals surface area contributed by atoms with Crippen molar-refractivity contribution in [3.63, 3.8) is 0 Å². The van der Waals surface area contributed by atoms with Crippen LogP contribution < -0.4 is 10.1 Å². The summed E-state index contributed by atoms with van der Waals surface area (Å²) in [4.78, 5) is 11.2. The monoisotopic (exact) mass is 205 g/mol. The molecule has 0 radical (unpaired) electrons. The summed E-state index contributed by atoms with van der Waals surface area (Å²) in [5, 5.41) is 2.47. The standard InChI is InChI=1S/C12H15NO2/c1-4-7-13-12(14)15-11-6-5-9(2)10(3)8-11/h4-8H,1-3H3,(H,13,14). The molecule has 1 amide bonds. The van der Waals surface area contributed by atoms with Crippen LogP contribution in [-0.4, -0.2) is 6.09 Å². The van der Waals surface area contributed by atoms with Gasteiger partial charge >= 0.3 is 6.09 Å². The van der Waals surface area contributed by atoms with E-state index < -0.39 is 6.09 Å². The molecule has 1 aromatic carbocycles. The van der Waals surface area contributed by atoms with Crippen molar-refractivity contribution >= 4 is 6.09 Å². The summed E-state index contributed by atoms with van der Waals surface area (Å²) < 4.78 is 5.05. The molecule has 3 nitrogen and oxygen atoms in total. The molecule has 15 heavy (non-hydrogen) atoms. The Morgan fingerprint density at radius 1 is 1.33 bits per heavy atom. The fraction of sp³-hybridized carbons (Fsp3) is 0.250. The van der Waals surface area contributed by atoms with Crippen molar-refractivity contribution in [3.05, 3.63) is 41.6 Å². The molecule has 0 spiro atoms. The Balaban J connectivity index is 2.65. The predicted octanol–water partition coefficient (Wildman–Crippen LogP) is 2.93. The van der Waals surface area contributed by atoms with Gasteiger partial charge in [-0.15, -0.1) is 0 Å². The molecular weight excluding hydrogens is 190 g/mol. The number of amides is 1. The first-order valence-electron chi connectivity index (χ1n) is 4.80. The molecule has 0 aliphatic heterocycles. The van der Waals surface area contributed by atoms with Gasteiger partial charge in [0.05, 0.1) is 0 Å². The summed E-state index contributed by atoms with van der Waals surface area (Å²) >= 11 is 0. The van der Waals surface area contributed by atoms with Gasteiger partial charge in [-0.2, -0.15) is 0 Å². The van der Waals surface area contributed by atoms with E-state index in [1.54, 1.807) is 12.1 Å². The molecule has 0 atom stereocenters. The Labute approximate surface area is 89.8 Å². The number of hydrogen-bond donors (Lipinski definition) is 1. The molecule has 3 heteroatoms. The number of carbonyl (C=O) groups is 1. The molecule has 1 aromatic rings. The minimum Gasteiger partial charge on any atom is -0.410 e. The second-order valence-corrected chi connectivity index (χ2v) is 3.28. The summed E-state index contributed by atoms with van der Waals surface area (Å²) in [7, 11) is 0. The SMILES string of the molecule is CC=CNC(=O)Oc1ccc(C)c(C)c1. The van der Waals surface area contributed by atoms with Crippen LogP contribution in [0.5, 0.6) is 5.75 Å². The lowest BCUT2D eigenvalue weighted by Gasteiger charge is -2.05. The van der Waals surface area contributed by atoms with Gasteiger partial charge in [0.15, 0.2) is 0 Å². The number of aryl methyl sites for hydroxylation is 2. The Bertz CT molecular complexity index is 383. The van der Waals surface area contributed by atoms with Crippen LogP contribution in [0, 0.1) is 13.8 Å². The minimum absolute atomic E-state index is 0.476. The van der Waals surface area contributed by atoms with Crippen LogP contribution in [0.1, 0.15) is 18.1 Å². The summed E-state index contributed by atoms with van der Waals surface area (Å²) in [5.41, 5.74) is 2.28. The summed E-state index contributed by atoms with van der Waals surface area (Å²) in [5.74, 6) is 0.556. The average Bonchev–Trinajstić information content (AvgIpc) is 2.20. The van der Waals surface area contributed by atoms with E-state index in [9.17, 15) is 4.79 Å². The molecule has 1 rings (SSSR count). The molecule has 0 saturated carbocycles. The van der Waals surface area contributed by atoms with E-state index >= 15 is 0 Å². The highest BCUT2D eigenvalue weighted by molar-refractivity contribution is 5.71. The Hall–Kier alpha value is -1.77. The van der Waals surface area contributed by atoms with Crippen LogP contribution in [0.3, 0.4) is 0 Å². The number of nitrogens with one attached hydrogen (secondary N) is 1. The van der Waals surface area contributed by atoms with Crippen LogP contribution in [0.25, 0.3) is 0 Å². The van der Waals surface area contributed by atoms with E-state index in [0.717, 1.165) is 5.56 Å². The van der Waals surface area contributed by atoms with Crippen LogP contribution in [0.15, 0.2) is 30.5 Å². The van der Waals surface area contributed by atoms with Gasteiger partial charge in [-0.3, -0.25) is 5.32 Å². The third kappa shape index (κ3) is 3.46. The lowest BCUT2D eigenvalue weighted by molar-refractivity contribution is 0.204. The van der Waals surface area contributed by atoms with Crippen molar-refractivity contribution in [3.8, 4) is 5.75 Å². The van der Waals surface area contributed by atoms with Crippen molar-refractivity contribution in [1.29, 1.82) is 0 Å². The van der Waals surface area contributed by atoms with E-state index in [0.29, 0.717) is 5.75 Å². The van der Waals surface area contributed by atoms with Crippen molar-refractivity contribution in [1.82, 2.24) is 5.32 Å². The third-order valence-electron chi connectivity index (χ3n) is 2.06. The highest BCUT2D eigenvalue weighted by atomic mass is 16.5. The Morgan fingerprint density at radius 3 is 2.67 bits per heavy atom. The maximum absolute atomic E-state index is 11.2. The van der Waals surface area contributed by atoms with E-state index in [1.807, 2.05) is 32.9 Å². The van der Waals surface area contributed by atoms with Gasteiger partial charge in [-0.25, -0.2) is 4.79 Å². The normalized spacial score (nSPS) is 10.3. The predicted molar refractivity (Wildman–Crippen MR) is 59.9 cm³/mol. The van der Waals surface area contributed by atoms with Gasteiger partial charge in [-0.05, 0) is 44.0 Å². The molecule has 0 aliphatic rings. The zero-order valence-electron chi connectivity index (χ0n) is 9.20. The van der Waals surface area contributed by atoms with Gasteiger partial charge in [-0.1, -0.05) is 12.1 Å². The maximum atomic E-state index is 11.2. The third-order valence-corrected chi connectivity index (χ3v) is 2.06. The van der Waals surface area contributed by atoms with Crippen LogP contribution in [0.4, 0.5) is 4.79 Å². The van der Waals surface area contributed by atoms with Crippen molar-refractivity contribution in [2.75, 3.05) is 0 Å². The molecule has 0 heterocycles. The van der Waals surface area contributed by atoms with E-state index in [1.165, 1.54) is 11.8 Å². The summed E-state index contributed by atoms with van der Waals surface area (Å²) in [6, 6.07) is 5.54. The smallest absolute Gasteiger partial charge is 0.410 e. The first kappa shape index (κ1) is 11.3. The highest BCUT2D eigenvalue weighted by Gasteiger charge is 2.02. The molecule has 0 aromatic heterocycles. The van der Waals surface area contributed by atoms with E-state index in [4.69, 9.17) is 4.74 Å². The molecule has 1 N–H and O–H groups in total. The second kappa shape index (κ2) is 5.20. The molecule has 0 aliphatic carbocycles. The lowest BCUT2D eigenvalue weighted by Crippen LogP contribution is -2.21. The van der Waals surface area contributed by atoms with Crippen LogP contribution >= 0.6 is 0 Å². The molecule has 0 unspecified atom stereocenters. The number of benzene rings is 1. The first-order valence-corrected chi connectivity index (χ1v) is 4.80. The fourth-order valence-corrected chi connectivity index (χ4v) is 1.07. The second-order valence-electron chi connectivity index (χ2n) is 3.28. The number of rotatable bonds is 2. The Kier molecular flexibility index (Phi) is 3.92. The average molecular weight is 205 g/mol. The van der Waals surface area contributed by atoms with E-state index in [-0.39, 0.29) is 0 Å². The molecule has 0 fully saturated rings. The summed E-state index contributed by atoms with van der Waals surface area (Å²) in [6.07, 6.45) is 2.78. The van der Waals surface area contributed by atoms with Crippen molar-refractivity contribution in [2.24, 2.45) is 0 Å². The van der Waals surface area contributed by atoms with Gasteiger partial charge in [0.25, 0.3) is 0 Å². The highest BCUT2D eigenvalue weighted by Crippen LogP contribution is 2.16. The molecule has 0 bridgehead atoms. The van der Waals surface area contributed by atoms with Gasteiger partial charge < -0.3 is 4.74 Å². The topological polar surface area (TPSA) is 38.3 Å². The maximum Gasteiger partial charge on any atom is 0.416 e. The van der Waals surface area contributed by atoms with Gasteiger partial charge in [0, 0.05) is 6.20 Å². The van der Waals surface area contributed by atoms with Crippen molar-refractivity contribution in [2.45, 2.75) is 20.8 Å². The summed E-state index contributed by atoms with van der Waals surface area (Å²) in [6.45, 7) is 5.81. The lowest BCUT2D eigenvalue weighted by atomic mass is 10.1. The molecule has 80 valence electrons. The number of hydrogen-bond acceptors (Lipinski definition) is 2. The molecular formula is C12H15NO2. The zero-order valence-corrected chi connectivity index (χ0v) is 9.20. The van der Waals surface area contributed by atoms with E-state index in [2.05, 4.69) is 5.32 Å². The molecule has 0 saturated heterocycles. The number of allylic oxidation sites excluding steroid dienone is 1. The van der Waals surface area contributed by atoms with Crippen LogP contribution in [-0.2, 0) is 0 Å². The first-order chi connectivity index (χ1) is 7.13.